The lowest BCUT2D eigenvalue weighted by molar-refractivity contribution is -0.143. The first-order chi connectivity index (χ1) is 18.7. The van der Waals surface area contributed by atoms with Crippen molar-refractivity contribution in [2.45, 2.75) is 49.3 Å². The molecule has 3 aromatic rings. The Balaban J connectivity index is 1.65. The van der Waals surface area contributed by atoms with Gasteiger partial charge in [0.15, 0.2) is 5.78 Å². The van der Waals surface area contributed by atoms with Crippen LogP contribution in [0.15, 0.2) is 59.7 Å². The molecule has 1 fully saturated rings. The number of benzene rings is 2. The first-order valence-electron chi connectivity index (χ1n) is 12.2. The summed E-state index contributed by atoms with van der Waals surface area (Å²) < 4.78 is 87.3. The maximum atomic E-state index is 13.4. The number of piperidine rings is 1. The maximum absolute atomic E-state index is 13.4. The molecule has 0 bridgehead atoms. The van der Waals surface area contributed by atoms with Gasteiger partial charge in [0.2, 0.25) is 0 Å². The number of alkyl halides is 6. The van der Waals surface area contributed by atoms with E-state index in [1.807, 2.05) is 0 Å². The van der Waals surface area contributed by atoms with E-state index in [1.54, 1.807) is 30.3 Å². The lowest BCUT2D eigenvalue weighted by Crippen LogP contribution is -2.63. The molecule has 2 heterocycles. The molecule has 216 valence electrons. The van der Waals surface area contributed by atoms with Crippen LogP contribution in [-0.4, -0.2) is 45.4 Å². The predicted molar refractivity (Wildman–Crippen MR) is 129 cm³/mol. The molecule has 14 heteroatoms. The van der Waals surface area contributed by atoms with E-state index in [0.717, 1.165) is 10.9 Å². The number of H-pyrrole nitrogens is 1. The molecule has 8 nitrogen and oxygen atoms in total. The predicted octanol–water partition coefficient (Wildman–Crippen LogP) is 3.92. The van der Waals surface area contributed by atoms with Gasteiger partial charge in [-0.3, -0.25) is 9.36 Å². The number of ether oxygens (including phenoxy) is 1. The lowest BCUT2D eigenvalue weighted by atomic mass is 9.74. The van der Waals surface area contributed by atoms with Crippen molar-refractivity contribution in [2.75, 3.05) is 19.8 Å². The number of carbonyl (C=O) groups excluding carboxylic acids is 1. The Morgan fingerprint density at radius 3 is 2.17 bits per heavy atom. The number of rotatable bonds is 8. The van der Waals surface area contributed by atoms with Crippen LogP contribution < -0.4 is 11.0 Å². The first-order valence-corrected chi connectivity index (χ1v) is 12.2. The van der Waals surface area contributed by atoms with Gasteiger partial charge in [-0.2, -0.15) is 31.4 Å². The summed E-state index contributed by atoms with van der Waals surface area (Å²) in [6.07, 6.45) is -9.82. The minimum atomic E-state index is -5.00. The third-order valence-corrected chi connectivity index (χ3v) is 7.35. The Morgan fingerprint density at radius 1 is 1.07 bits per heavy atom. The average Bonchev–Trinajstić information content (AvgIpc) is 3.37. The van der Waals surface area contributed by atoms with Crippen LogP contribution in [-0.2, 0) is 33.0 Å². The van der Waals surface area contributed by atoms with E-state index in [0.29, 0.717) is 17.7 Å². The third kappa shape index (κ3) is 5.69. The molecular formula is C26H26F6N4O4. The number of aliphatic hydroxyl groups excluding tert-OH is 1. The maximum Gasteiger partial charge on any atom is 0.416 e. The zero-order valence-corrected chi connectivity index (χ0v) is 21.1. The lowest BCUT2D eigenvalue weighted by Gasteiger charge is -2.47. The fourth-order valence-corrected chi connectivity index (χ4v) is 4.98. The van der Waals surface area contributed by atoms with Crippen molar-refractivity contribution in [1.29, 1.82) is 0 Å². The molecule has 0 radical (unpaired) electrons. The third-order valence-electron chi connectivity index (χ3n) is 7.35. The van der Waals surface area contributed by atoms with E-state index in [1.165, 1.54) is 6.92 Å². The zero-order valence-electron chi connectivity index (χ0n) is 21.1. The van der Waals surface area contributed by atoms with Crippen molar-refractivity contribution in [2.24, 2.45) is 0 Å². The van der Waals surface area contributed by atoms with Gasteiger partial charge in [0.25, 0.3) is 0 Å². The Kier molecular flexibility index (Phi) is 7.98. The average molecular weight is 573 g/mol. The molecule has 0 saturated carbocycles. The molecule has 0 unspecified atom stereocenters. The highest BCUT2D eigenvalue weighted by atomic mass is 19.4. The van der Waals surface area contributed by atoms with Crippen LogP contribution >= 0.6 is 0 Å². The summed E-state index contributed by atoms with van der Waals surface area (Å²) in [7, 11) is 0. The summed E-state index contributed by atoms with van der Waals surface area (Å²) in [6.45, 7) is 0.170. The van der Waals surface area contributed by atoms with Crippen LogP contribution in [0.25, 0.3) is 0 Å². The number of carbonyl (C=O) groups is 1. The second-order valence-electron chi connectivity index (χ2n) is 9.74. The van der Waals surface area contributed by atoms with Gasteiger partial charge >= 0.3 is 18.0 Å². The van der Waals surface area contributed by atoms with Crippen molar-refractivity contribution < 1.29 is 41.0 Å². The molecule has 3 N–H and O–H groups in total. The van der Waals surface area contributed by atoms with Gasteiger partial charge in [-0.15, -0.1) is 0 Å². The van der Waals surface area contributed by atoms with Crippen LogP contribution in [0.2, 0.25) is 0 Å². The molecular weight excluding hydrogens is 546 g/mol. The van der Waals surface area contributed by atoms with Gasteiger partial charge in [0.1, 0.15) is 18.5 Å². The second-order valence-corrected chi connectivity index (χ2v) is 9.74. The van der Waals surface area contributed by atoms with Crippen LogP contribution in [0.5, 0.6) is 0 Å². The Morgan fingerprint density at radius 2 is 1.70 bits per heavy atom. The van der Waals surface area contributed by atoms with Crippen LogP contribution in [0, 0.1) is 0 Å². The zero-order chi connectivity index (χ0) is 29.3. The van der Waals surface area contributed by atoms with Gasteiger partial charge < -0.3 is 15.2 Å². The molecule has 0 spiro atoms. The van der Waals surface area contributed by atoms with Crippen LogP contribution in [0.3, 0.4) is 0 Å². The van der Waals surface area contributed by atoms with Gasteiger partial charge in [-0.05, 0) is 49.1 Å². The summed E-state index contributed by atoms with van der Waals surface area (Å²) in [5, 5.41) is 18.8. The van der Waals surface area contributed by atoms with E-state index >= 15 is 0 Å². The fourth-order valence-electron chi connectivity index (χ4n) is 4.98. The number of aliphatic hydroxyl groups is 1. The molecule has 1 aromatic heterocycles. The Bertz CT molecular complexity index is 1360. The standard InChI is InChI=1S/C26H26F6N4O4/c1-16(17-9-19(25(27,28)29)11-20(10-17)26(30,31)32)40-14-23(18-5-3-2-4-6-18)7-8-24(13-33-23,21(38)12-37)36-15-34-35-22(36)39/h2-6,9-11,15-16,33,37H,7-8,12-14H2,1H3,(H,35,39)/t16-,23-,24+/m1/s1. The van der Waals surface area contributed by atoms with Gasteiger partial charge in [0.05, 0.1) is 29.4 Å². The second kappa shape index (κ2) is 10.8. The van der Waals surface area contributed by atoms with Crippen molar-refractivity contribution in [3.63, 3.8) is 0 Å². The number of Topliss-reactive ketones (excluding diaryl/α,β-unsaturated/α-hetero) is 1. The van der Waals surface area contributed by atoms with Crippen LogP contribution in [0.4, 0.5) is 26.3 Å². The van der Waals surface area contributed by atoms with Crippen molar-refractivity contribution in [1.82, 2.24) is 20.1 Å². The highest BCUT2D eigenvalue weighted by Crippen LogP contribution is 2.41. The first kappa shape index (κ1) is 29.5. The molecule has 4 rings (SSSR count). The van der Waals surface area contributed by atoms with Crippen molar-refractivity contribution in [3.05, 3.63) is 87.6 Å². The molecule has 2 aromatic carbocycles. The summed E-state index contributed by atoms with van der Waals surface area (Å²) in [5.41, 5.74) is -5.69. The summed E-state index contributed by atoms with van der Waals surface area (Å²) in [6, 6.07) is 10.1. The van der Waals surface area contributed by atoms with E-state index < -0.39 is 58.7 Å². The summed E-state index contributed by atoms with van der Waals surface area (Å²) in [5.74, 6) is -0.636. The molecule has 40 heavy (non-hydrogen) atoms. The normalized spacial score (nSPS) is 22.7. The number of halogens is 6. The monoisotopic (exact) mass is 572 g/mol. The number of hydrogen-bond donors (Lipinski definition) is 3. The molecule has 1 saturated heterocycles. The molecule has 1 aliphatic rings. The number of hydrogen-bond acceptors (Lipinski definition) is 6. The molecule has 0 aliphatic carbocycles. The quantitative estimate of drug-likeness (QED) is 0.353. The van der Waals surface area contributed by atoms with E-state index in [9.17, 15) is 41.0 Å². The summed E-state index contributed by atoms with van der Waals surface area (Å²) in [4.78, 5) is 25.2. The van der Waals surface area contributed by atoms with Gasteiger partial charge in [-0.25, -0.2) is 9.89 Å². The number of aromatic amines is 1. The topological polar surface area (TPSA) is 109 Å². The van der Waals surface area contributed by atoms with Crippen LogP contribution in [0.1, 0.15) is 48.1 Å². The fraction of sp³-hybridized carbons (Fsp3) is 0.423. The Hall–Kier alpha value is -3.49. The number of aromatic nitrogens is 3. The van der Waals surface area contributed by atoms with Gasteiger partial charge in [-0.1, -0.05) is 30.3 Å². The van der Waals surface area contributed by atoms with E-state index in [-0.39, 0.29) is 37.6 Å². The number of nitrogens with one attached hydrogen (secondary N) is 2. The van der Waals surface area contributed by atoms with E-state index in [4.69, 9.17) is 4.74 Å². The minimum Gasteiger partial charge on any atom is -0.388 e. The highest BCUT2D eigenvalue weighted by molar-refractivity contribution is 5.88. The Labute approximate surface area is 224 Å². The SMILES string of the molecule is C[C@@H](OC[C@@]1(c2ccccc2)CC[C@](C(=O)CO)(n2cn[nH]c2=O)CN1)c1cc(C(F)(F)F)cc(C(F)(F)F)c1. The largest absolute Gasteiger partial charge is 0.416 e. The van der Waals surface area contributed by atoms with Crippen molar-refractivity contribution >= 4 is 5.78 Å². The number of ketones is 1. The van der Waals surface area contributed by atoms with Gasteiger partial charge in [0, 0.05) is 6.54 Å². The summed E-state index contributed by atoms with van der Waals surface area (Å²) >= 11 is 0. The highest BCUT2D eigenvalue weighted by Gasteiger charge is 2.49. The minimum absolute atomic E-state index is 0.0489. The van der Waals surface area contributed by atoms with E-state index in [2.05, 4.69) is 15.5 Å². The molecule has 1 aliphatic heterocycles. The van der Waals surface area contributed by atoms with Crippen molar-refractivity contribution in [3.8, 4) is 0 Å². The molecule has 3 atom stereocenters. The molecule has 0 amide bonds. The number of nitrogens with zero attached hydrogens (tertiary/aromatic N) is 2. The smallest absolute Gasteiger partial charge is 0.388 e.